The Balaban J connectivity index is 1.88. The van der Waals surface area contributed by atoms with Crippen LogP contribution in [0.3, 0.4) is 0 Å². The predicted molar refractivity (Wildman–Crippen MR) is 78.1 cm³/mol. The van der Waals surface area contributed by atoms with Crippen molar-refractivity contribution < 1.29 is 9.59 Å². The molecular weight excluding hydrogens is 260 g/mol. The highest BCUT2D eigenvalue weighted by Crippen LogP contribution is 2.28. The van der Waals surface area contributed by atoms with E-state index in [0.29, 0.717) is 30.8 Å². The molecule has 1 aliphatic heterocycles. The summed E-state index contributed by atoms with van der Waals surface area (Å²) in [6.07, 6.45) is 7.24. The lowest BCUT2D eigenvalue weighted by Crippen LogP contribution is -2.46. The fourth-order valence-electron chi connectivity index (χ4n) is 3.10. The van der Waals surface area contributed by atoms with E-state index >= 15 is 0 Å². The first-order chi connectivity index (χ1) is 9.15. The molecular formula is C14H24N2O2S. The molecule has 0 spiro atoms. The molecule has 3 atom stereocenters. The fourth-order valence-corrected chi connectivity index (χ4v) is 4.03. The van der Waals surface area contributed by atoms with Gasteiger partial charge in [0, 0.05) is 30.8 Å². The Hall–Kier alpha value is -0.710. The van der Waals surface area contributed by atoms with Crippen molar-refractivity contribution >= 4 is 23.6 Å². The molecule has 2 aliphatic rings. The molecule has 108 valence electrons. The van der Waals surface area contributed by atoms with Crippen LogP contribution in [0.1, 0.15) is 39.0 Å². The van der Waals surface area contributed by atoms with Crippen LogP contribution >= 0.6 is 11.8 Å². The Kier molecular flexibility index (Phi) is 5.13. The number of nitrogens with zero attached hydrogens (tertiary/aromatic N) is 1. The van der Waals surface area contributed by atoms with E-state index in [1.807, 2.05) is 18.7 Å². The number of rotatable bonds is 4. The number of carbonyl (C=O) groups excluding carboxylic acids is 2. The van der Waals surface area contributed by atoms with Crippen LogP contribution in [0.15, 0.2) is 0 Å². The third-order valence-corrected chi connectivity index (χ3v) is 5.47. The van der Waals surface area contributed by atoms with E-state index < -0.39 is 0 Å². The number of nitrogens with one attached hydrogen (secondary N) is 1. The highest BCUT2D eigenvalue weighted by atomic mass is 32.2. The summed E-state index contributed by atoms with van der Waals surface area (Å²) >= 11 is 1.85. The van der Waals surface area contributed by atoms with Gasteiger partial charge in [-0.2, -0.15) is 11.8 Å². The lowest BCUT2D eigenvalue weighted by Gasteiger charge is -2.31. The zero-order valence-electron chi connectivity index (χ0n) is 11.9. The van der Waals surface area contributed by atoms with Crippen LogP contribution in [0.5, 0.6) is 0 Å². The summed E-state index contributed by atoms with van der Waals surface area (Å²) in [4.78, 5) is 25.7. The summed E-state index contributed by atoms with van der Waals surface area (Å²) in [5, 5.41) is 3.73. The monoisotopic (exact) mass is 284 g/mol. The van der Waals surface area contributed by atoms with Crippen LogP contribution in [0.2, 0.25) is 0 Å². The molecule has 3 unspecified atom stereocenters. The van der Waals surface area contributed by atoms with Crippen LogP contribution in [-0.4, -0.2) is 47.4 Å². The van der Waals surface area contributed by atoms with Gasteiger partial charge in [0.2, 0.25) is 11.8 Å². The van der Waals surface area contributed by atoms with Gasteiger partial charge in [-0.1, -0.05) is 12.8 Å². The van der Waals surface area contributed by atoms with Crippen molar-refractivity contribution in [3.8, 4) is 0 Å². The molecule has 2 fully saturated rings. The Morgan fingerprint density at radius 3 is 2.79 bits per heavy atom. The Bertz CT molecular complexity index is 348. The van der Waals surface area contributed by atoms with E-state index in [9.17, 15) is 9.59 Å². The summed E-state index contributed by atoms with van der Waals surface area (Å²) in [5.74, 6) is 0.0554. The van der Waals surface area contributed by atoms with Crippen LogP contribution in [0.25, 0.3) is 0 Å². The van der Waals surface area contributed by atoms with Gasteiger partial charge in [-0.3, -0.25) is 9.59 Å². The lowest BCUT2D eigenvalue weighted by molar-refractivity contribution is -0.129. The molecule has 2 rings (SSSR count). The van der Waals surface area contributed by atoms with Gasteiger partial charge in [-0.05, 0) is 26.0 Å². The molecule has 0 bridgehead atoms. The van der Waals surface area contributed by atoms with Gasteiger partial charge >= 0.3 is 0 Å². The SMILES string of the molecule is CCN1CC(C(=O)NC2CCCCC2SC)CC1=O. The summed E-state index contributed by atoms with van der Waals surface area (Å²) in [6, 6.07) is 0.294. The highest BCUT2D eigenvalue weighted by molar-refractivity contribution is 7.99. The second kappa shape index (κ2) is 6.64. The van der Waals surface area contributed by atoms with E-state index in [0.717, 1.165) is 6.42 Å². The van der Waals surface area contributed by atoms with Crippen molar-refractivity contribution in [1.29, 1.82) is 0 Å². The summed E-state index contributed by atoms with van der Waals surface area (Å²) in [5.41, 5.74) is 0. The quantitative estimate of drug-likeness (QED) is 0.854. The molecule has 0 radical (unpaired) electrons. The first-order valence-corrected chi connectivity index (χ1v) is 8.55. The first-order valence-electron chi connectivity index (χ1n) is 7.26. The Morgan fingerprint density at radius 1 is 1.42 bits per heavy atom. The van der Waals surface area contributed by atoms with E-state index in [2.05, 4.69) is 11.6 Å². The molecule has 5 heteroatoms. The molecule has 1 saturated heterocycles. The van der Waals surface area contributed by atoms with Gasteiger partial charge in [-0.15, -0.1) is 0 Å². The molecule has 4 nitrogen and oxygen atoms in total. The average molecular weight is 284 g/mol. The fraction of sp³-hybridized carbons (Fsp3) is 0.857. The maximum Gasteiger partial charge on any atom is 0.225 e. The number of hydrogen-bond acceptors (Lipinski definition) is 3. The van der Waals surface area contributed by atoms with E-state index in [1.54, 1.807) is 4.90 Å². The van der Waals surface area contributed by atoms with E-state index in [4.69, 9.17) is 0 Å². The van der Waals surface area contributed by atoms with E-state index in [1.165, 1.54) is 19.3 Å². The summed E-state index contributed by atoms with van der Waals surface area (Å²) < 4.78 is 0. The summed E-state index contributed by atoms with van der Waals surface area (Å²) in [6.45, 7) is 3.26. The van der Waals surface area contributed by atoms with Crippen molar-refractivity contribution in [2.24, 2.45) is 5.92 Å². The minimum Gasteiger partial charge on any atom is -0.352 e. The number of amides is 2. The molecule has 0 aromatic carbocycles. The molecule has 1 heterocycles. The molecule has 0 aromatic heterocycles. The third kappa shape index (κ3) is 3.44. The highest BCUT2D eigenvalue weighted by Gasteiger charge is 2.35. The van der Waals surface area contributed by atoms with Gasteiger partial charge in [0.05, 0.1) is 5.92 Å². The van der Waals surface area contributed by atoms with Gasteiger partial charge in [-0.25, -0.2) is 0 Å². The van der Waals surface area contributed by atoms with Crippen LogP contribution in [-0.2, 0) is 9.59 Å². The Labute approximate surface area is 119 Å². The Morgan fingerprint density at radius 2 is 2.16 bits per heavy atom. The molecule has 2 amide bonds. The predicted octanol–water partition coefficient (Wildman–Crippen LogP) is 1.65. The smallest absolute Gasteiger partial charge is 0.225 e. The molecule has 19 heavy (non-hydrogen) atoms. The maximum atomic E-state index is 12.3. The summed E-state index contributed by atoms with van der Waals surface area (Å²) in [7, 11) is 0. The molecule has 1 saturated carbocycles. The molecule has 1 N–H and O–H groups in total. The van der Waals surface area contributed by atoms with Crippen LogP contribution < -0.4 is 5.32 Å². The second-order valence-corrected chi connectivity index (χ2v) is 6.58. The van der Waals surface area contributed by atoms with Gasteiger partial charge in [0.25, 0.3) is 0 Å². The minimum atomic E-state index is -0.142. The zero-order chi connectivity index (χ0) is 13.8. The average Bonchev–Trinajstić information content (AvgIpc) is 2.80. The maximum absolute atomic E-state index is 12.3. The normalized spacial score (nSPS) is 31.6. The van der Waals surface area contributed by atoms with E-state index in [-0.39, 0.29) is 17.7 Å². The number of likely N-dealkylation sites (tertiary alicyclic amines) is 1. The third-order valence-electron chi connectivity index (χ3n) is 4.30. The minimum absolute atomic E-state index is 0.0789. The molecule has 1 aliphatic carbocycles. The van der Waals surface area contributed by atoms with Crippen molar-refractivity contribution in [3.05, 3.63) is 0 Å². The van der Waals surface area contributed by atoms with Gasteiger partial charge in [0.1, 0.15) is 0 Å². The largest absolute Gasteiger partial charge is 0.352 e. The second-order valence-electron chi connectivity index (χ2n) is 5.51. The zero-order valence-corrected chi connectivity index (χ0v) is 12.7. The van der Waals surface area contributed by atoms with Crippen molar-refractivity contribution in [2.75, 3.05) is 19.3 Å². The standard InChI is InChI=1S/C14H24N2O2S/c1-3-16-9-10(8-13(16)17)14(18)15-11-6-4-5-7-12(11)19-2/h10-12H,3-9H2,1-2H3,(H,15,18). The van der Waals surface area contributed by atoms with Crippen LogP contribution in [0, 0.1) is 5.92 Å². The number of thioether (sulfide) groups is 1. The molecule has 0 aromatic rings. The lowest BCUT2D eigenvalue weighted by atomic mass is 9.94. The van der Waals surface area contributed by atoms with Gasteiger partial charge < -0.3 is 10.2 Å². The number of carbonyl (C=O) groups is 2. The number of hydrogen-bond donors (Lipinski definition) is 1. The topological polar surface area (TPSA) is 49.4 Å². The first kappa shape index (κ1) is 14.7. The van der Waals surface area contributed by atoms with Crippen molar-refractivity contribution in [1.82, 2.24) is 10.2 Å². The van der Waals surface area contributed by atoms with Gasteiger partial charge in [0.15, 0.2) is 0 Å². The van der Waals surface area contributed by atoms with Crippen molar-refractivity contribution in [2.45, 2.75) is 50.3 Å². The van der Waals surface area contributed by atoms with Crippen molar-refractivity contribution in [3.63, 3.8) is 0 Å². The van der Waals surface area contributed by atoms with Crippen LogP contribution in [0.4, 0.5) is 0 Å².